The minimum absolute atomic E-state index is 0.221. The predicted octanol–water partition coefficient (Wildman–Crippen LogP) is 4.35. The van der Waals surface area contributed by atoms with Gasteiger partial charge in [0.15, 0.2) is 41.0 Å². The molecule has 1 N–H and O–H groups in total. The van der Waals surface area contributed by atoms with Gasteiger partial charge in [0.05, 0.1) is 12.8 Å². The maximum absolute atomic E-state index is 13.4. The van der Waals surface area contributed by atoms with Crippen molar-refractivity contribution in [2.45, 2.75) is 20.0 Å². The summed E-state index contributed by atoms with van der Waals surface area (Å²) in [6.45, 7) is 2.89. The van der Waals surface area contributed by atoms with Crippen molar-refractivity contribution in [2.24, 2.45) is 0 Å². The summed E-state index contributed by atoms with van der Waals surface area (Å²) in [6, 6.07) is 8.64. The number of esters is 1. The number of benzene rings is 2. The topological polar surface area (TPSA) is 86.8 Å². The molecule has 0 saturated carbocycles. The number of aryl methyl sites for hydroxylation is 1. The number of thiazole rings is 1. The highest BCUT2D eigenvalue weighted by molar-refractivity contribution is 7.14. The summed E-state index contributed by atoms with van der Waals surface area (Å²) in [7, 11) is 1.49. The molecule has 168 valence electrons. The average Bonchev–Trinajstić information content (AvgIpc) is 3.23. The highest BCUT2D eigenvalue weighted by atomic mass is 32.1. The highest BCUT2D eigenvalue weighted by Gasteiger charge is 2.20. The molecule has 3 aromatic rings. The molecule has 2 aromatic carbocycles. The number of carbonyl (C=O) groups is 2. The van der Waals surface area contributed by atoms with Crippen LogP contribution in [0.25, 0.3) is 11.3 Å². The predicted molar refractivity (Wildman–Crippen MR) is 115 cm³/mol. The van der Waals surface area contributed by atoms with E-state index in [1.165, 1.54) is 20.1 Å². The van der Waals surface area contributed by atoms with Gasteiger partial charge in [-0.15, -0.1) is 11.3 Å². The number of aromatic nitrogens is 1. The van der Waals surface area contributed by atoms with Crippen LogP contribution in [0, 0.1) is 18.6 Å². The van der Waals surface area contributed by atoms with Crippen LogP contribution in [0.4, 0.5) is 13.9 Å². The first-order valence-corrected chi connectivity index (χ1v) is 10.3. The Morgan fingerprint density at radius 2 is 1.91 bits per heavy atom. The standard InChI is InChI=1S/C22H20F2N2O5S/c1-12-4-7-18(19(8-12)29-3)30-10-20(27)31-13(2)21(28)26-22-25-17(11-32-22)14-5-6-15(23)16(24)9-14/h4-9,11,13H,10H2,1-3H3,(H,25,26,28)/t13-/m0/s1. The fraction of sp³-hybridized carbons (Fsp3) is 0.227. The van der Waals surface area contributed by atoms with Gasteiger partial charge in [0, 0.05) is 10.9 Å². The molecule has 0 fully saturated rings. The molecule has 0 spiro atoms. The average molecular weight is 462 g/mol. The first-order chi connectivity index (χ1) is 15.3. The molecular formula is C22H20F2N2O5S. The Morgan fingerprint density at radius 1 is 1.12 bits per heavy atom. The van der Waals surface area contributed by atoms with Gasteiger partial charge in [-0.25, -0.2) is 18.6 Å². The van der Waals surface area contributed by atoms with E-state index in [0.717, 1.165) is 29.0 Å². The van der Waals surface area contributed by atoms with E-state index in [1.54, 1.807) is 17.5 Å². The summed E-state index contributed by atoms with van der Waals surface area (Å²) < 4.78 is 42.2. The highest BCUT2D eigenvalue weighted by Crippen LogP contribution is 2.28. The van der Waals surface area contributed by atoms with Crippen molar-refractivity contribution in [3.05, 3.63) is 59.0 Å². The summed E-state index contributed by atoms with van der Waals surface area (Å²) in [5.74, 6) is -2.44. The molecule has 10 heteroatoms. The first-order valence-electron chi connectivity index (χ1n) is 9.45. The van der Waals surface area contributed by atoms with Crippen LogP contribution in [0.3, 0.4) is 0 Å². The second kappa shape index (κ2) is 10.2. The van der Waals surface area contributed by atoms with E-state index in [9.17, 15) is 18.4 Å². The van der Waals surface area contributed by atoms with Crippen molar-refractivity contribution in [1.29, 1.82) is 0 Å². The normalized spacial score (nSPS) is 11.5. The second-order valence-corrected chi connectivity index (χ2v) is 7.59. The lowest BCUT2D eigenvalue weighted by Gasteiger charge is -2.14. The molecular weight excluding hydrogens is 442 g/mol. The van der Waals surface area contributed by atoms with E-state index in [1.807, 2.05) is 13.0 Å². The minimum atomic E-state index is -1.11. The monoisotopic (exact) mass is 462 g/mol. The zero-order chi connectivity index (χ0) is 23.3. The maximum Gasteiger partial charge on any atom is 0.344 e. The maximum atomic E-state index is 13.4. The molecule has 1 heterocycles. The molecule has 0 radical (unpaired) electrons. The Balaban J connectivity index is 1.53. The number of halogens is 2. The number of nitrogens with zero attached hydrogens (tertiary/aromatic N) is 1. The largest absolute Gasteiger partial charge is 0.493 e. The molecule has 0 aliphatic rings. The van der Waals surface area contributed by atoms with Gasteiger partial charge in [-0.3, -0.25) is 10.1 Å². The molecule has 1 amide bonds. The molecule has 0 aliphatic heterocycles. The fourth-order valence-electron chi connectivity index (χ4n) is 2.64. The zero-order valence-electron chi connectivity index (χ0n) is 17.5. The Morgan fingerprint density at radius 3 is 2.62 bits per heavy atom. The fourth-order valence-corrected chi connectivity index (χ4v) is 3.36. The van der Waals surface area contributed by atoms with Crippen LogP contribution in [0.5, 0.6) is 11.5 Å². The van der Waals surface area contributed by atoms with Crippen molar-refractivity contribution in [3.8, 4) is 22.8 Å². The van der Waals surface area contributed by atoms with E-state index >= 15 is 0 Å². The second-order valence-electron chi connectivity index (χ2n) is 6.73. The molecule has 1 atom stereocenters. The number of amides is 1. The van der Waals surface area contributed by atoms with Crippen LogP contribution in [-0.4, -0.2) is 36.7 Å². The van der Waals surface area contributed by atoms with Crippen molar-refractivity contribution < 1.29 is 32.6 Å². The summed E-state index contributed by atoms with van der Waals surface area (Å²) in [5.41, 5.74) is 1.70. The van der Waals surface area contributed by atoms with Gasteiger partial charge in [-0.1, -0.05) is 6.07 Å². The number of nitrogens with one attached hydrogen (secondary N) is 1. The number of hydrogen-bond donors (Lipinski definition) is 1. The first kappa shape index (κ1) is 23.1. The van der Waals surface area contributed by atoms with Crippen molar-refractivity contribution in [2.75, 3.05) is 19.0 Å². The Kier molecular flexibility index (Phi) is 7.37. The number of anilines is 1. The van der Waals surface area contributed by atoms with E-state index in [0.29, 0.717) is 22.8 Å². The molecule has 0 aliphatic carbocycles. The van der Waals surface area contributed by atoms with E-state index in [-0.39, 0.29) is 5.13 Å². The van der Waals surface area contributed by atoms with Gasteiger partial charge in [-0.2, -0.15) is 0 Å². The number of ether oxygens (including phenoxy) is 3. The number of rotatable bonds is 8. The van der Waals surface area contributed by atoms with Gasteiger partial charge >= 0.3 is 5.97 Å². The Hall–Kier alpha value is -3.53. The third-order valence-electron chi connectivity index (χ3n) is 4.29. The lowest BCUT2D eigenvalue weighted by molar-refractivity contribution is -0.155. The smallest absolute Gasteiger partial charge is 0.344 e. The number of hydrogen-bond acceptors (Lipinski definition) is 7. The molecule has 32 heavy (non-hydrogen) atoms. The summed E-state index contributed by atoms with van der Waals surface area (Å²) in [6.07, 6.45) is -1.11. The lowest BCUT2D eigenvalue weighted by atomic mass is 10.2. The van der Waals surface area contributed by atoms with Gasteiger partial charge < -0.3 is 14.2 Å². The Bertz CT molecular complexity index is 1140. The SMILES string of the molecule is COc1cc(C)ccc1OCC(=O)O[C@@H](C)C(=O)Nc1nc(-c2ccc(F)c(F)c2)cs1. The van der Waals surface area contributed by atoms with Gasteiger partial charge in [0.2, 0.25) is 0 Å². The van der Waals surface area contributed by atoms with Crippen molar-refractivity contribution in [1.82, 2.24) is 4.98 Å². The van der Waals surface area contributed by atoms with Crippen molar-refractivity contribution >= 4 is 28.3 Å². The number of methoxy groups -OCH3 is 1. The third kappa shape index (κ3) is 5.79. The van der Waals surface area contributed by atoms with Gasteiger partial charge in [0.25, 0.3) is 5.91 Å². The molecule has 0 bridgehead atoms. The molecule has 7 nitrogen and oxygen atoms in total. The summed E-state index contributed by atoms with van der Waals surface area (Å²) in [5, 5.41) is 4.33. The van der Waals surface area contributed by atoms with Crippen LogP contribution in [0.1, 0.15) is 12.5 Å². The molecule has 0 saturated heterocycles. The van der Waals surface area contributed by atoms with Gasteiger partial charge in [-0.05, 0) is 49.7 Å². The van der Waals surface area contributed by atoms with Crippen molar-refractivity contribution in [3.63, 3.8) is 0 Å². The summed E-state index contributed by atoms with van der Waals surface area (Å²) in [4.78, 5) is 28.5. The van der Waals surface area contributed by atoms with Crippen LogP contribution in [-0.2, 0) is 14.3 Å². The minimum Gasteiger partial charge on any atom is -0.493 e. The van der Waals surface area contributed by atoms with Crippen LogP contribution < -0.4 is 14.8 Å². The third-order valence-corrected chi connectivity index (χ3v) is 5.05. The molecule has 0 unspecified atom stereocenters. The van der Waals surface area contributed by atoms with E-state index < -0.39 is 36.2 Å². The van der Waals surface area contributed by atoms with Crippen LogP contribution >= 0.6 is 11.3 Å². The summed E-state index contributed by atoms with van der Waals surface area (Å²) >= 11 is 1.09. The quantitative estimate of drug-likeness (QED) is 0.501. The van der Waals surface area contributed by atoms with Crippen LogP contribution in [0.15, 0.2) is 41.8 Å². The molecule has 1 aromatic heterocycles. The van der Waals surface area contributed by atoms with E-state index in [4.69, 9.17) is 14.2 Å². The van der Waals surface area contributed by atoms with Crippen LogP contribution in [0.2, 0.25) is 0 Å². The molecule has 3 rings (SSSR count). The zero-order valence-corrected chi connectivity index (χ0v) is 18.3. The number of carbonyl (C=O) groups excluding carboxylic acids is 2. The van der Waals surface area contributed by atoms with E-state index in [2.05, 4.69) is 10.3 Å². The lowest BCUT2D eigenvalue weighted by Crippen LogP contribution is -2.31. The Labute approximate surface area is 187 Å². The van der Waals surface area contributed by atoms with Gasteiger partial charge in [0.1, 0.15) is 0 Å².